The molecule has 0 spiro atoms. The first-order chi connectivity index (χ1) is 9.25. The molecule has 98 valence electrons. The summed E-state index contributed by atoms with van der Waals surface area (Å²) in [5.74, 6) is 0.736. The summed E-state index contributed by atoms with van der Waals surface area (Å²) >= 11 is 0. The Morgan fingerprint density at radius 2 is 2.21 bits per heavy atom. The van der Waals surface area contributed by atoms with Crippen molar-refractivity contribution in [2.45, 2.75) is 13.1 Å². The Labute approximate surface area is 107 Å². The predicted octanol–water partition coefficient (Wildman–Crippen LogP) is 3.64. The van der Waals surface area contributed by atoms with Crippen molar-refractivity contribution >= 4 is 16.7 Å². The number of aromatic nitrogens is 2. The van der Waals surface area contributed by atoms with Gasteiger partial charge in [0.1, 0.15) is 5.76 Å². The first kappa shape index (κ1) is 11.7. The minimum Gasteiger partial charge on any atom is -0.467 e. The Bertz CT molecular complexity index is 676. The molecule has 3 aromatic heterocycles. The molecule has 19 heavy (non-hydrogen) atoms. The molecular weight excluding hydrogens is 252 g/mol. The van der Waals surface area contributed by atoms with Gasteiger partial charge in [0.05, 0.1) is 29.5 Å². The van der Waals surface area contributed by atoms with Gasteiger partial charge in [-0.1, -0.05) is 0 Å². The van der Waals surface area contributed by atoms with Crippen molar-refractivity contribution in [3.63, 3.8) is 0 Å². The molecule has 3 heterocycles. The second-order valence-corrected chi connectivity index (χ2v) is 4.03. The lowest BCUT2D eigenvalue weighted by molar-refractivity contribution is 0.0753. The average molecular weight is 263 g/mol. The monoisotopic (exact) mass is 263 g/mol. The second kappa shape index (κ2) is 4.72. The quantitative estimate of drug-likeness (QED) is 0.781. The van der Waals surface area contributed by atoms with Crippen molar-refractivity contribution in [1.82, 2.24) is 9.55 Å². The fraction of sp³-hybridized carbons (Fsp3) is 0.154. The molecule has 3 aromatic rings. The third-order valence-electron chi connectivity index (χ3n) is 2.85. The summed E-state index contributed by atoms with van der Waals surface area (Å²) < 4.78 is 31.9. The lowest BCUT2D eigenvalue weighted by Gasteiger charge is -2.09. The van der Waals surface area contributed by atoms with Gasteiger partial charge in [0.15, 0.2) is 0 Å². The van der Waals surface area contributed by atoms with Crippen LogP contribution in [0, 0.1) is 0 Å². The van der Waals surface area contributed by atoms with Crippen molar-refractivity contribution in [2.75, 3.05) is 5.32 Å². The second-order valence-electron chi connectivity index (χ2n) is 4.03. The molecule has 0 saturated heterocycles. The van der Waals surface area contributed by atoms with Crippen LogP contribution in [0.3, 0.4) is 0 Å². The van der Waals surface area contributed by atoms with Gasteiger partial charge in [-0.25, -0.2) is 0 Å². The molecule has 3 rings (SSSR count). The molecule has 0 amide bonds. The minimum absolute atomic E-state index is 0.393. The van der Waals surface area contributed by atoms with Crippen LogP contribution in [0.5, 0.6) is 0 Å². The lowest BCUT2D eigenvalue weighted by atomic mass is 10.3. The molecule has 0 aliphatic heterocycles. The smallest absolute Gasteiger partial charge is 0.319 e. The number of nitrogens with zero attached hydrogens (tertiary/aromatic N) is 2. The SMILES string of the molecule is FC(F)n1ccc2nccc(NCc3ccco3)c21. The lowest BCUT2D eigenvalue weighted by Crippen LogP contribution is -2.03. The Morgan fingerprint density at radius 1 is 1.32 bits per heavy atom. The highest BCUT2D eigenvalue weighted by Crippen LogP contribution is 2.27. The van der Waals surface area contributed by atoms with E-state index in [1.54, 1.807) is 30.7 Å². The molecule has 0 unspecified atom stereocenters. The van der Waals surface area contributed by atoms with Gasteiger partial charge in [-0.3, -0.25) is 9.55 Å². The number of rotatable bonds is 4. The van der Waals surface area contributed by atoms with E-state index in [1.807, 2.05) is 6.07 Å². The summed E-state index contributed by atoms with van der Waals surface area (Å²) in [6, 6.07) is 6.84. The highest BCUT2D eigenvalue weighted by atomic mass is 19.3. The van der Waals surface area contributed by atoms with Gasteiger partial charge < -0.3 is 9.73 Å². The Morgan fingerprint density at radius 3 is 2.95 bits per heavy atom. The van der Waals surface area contributed by atoms with E-state index in [0.29, 0.717) is 23.3 Å². The molecule has 6 heteroatoms. The maximum absolute atomic E-state index is 12.9. The van der Waals surface area contributed by atoms with E-state index in [1.165, 1.54) is 6.20 Å². The Hall–Kier alpha value is -2.37. The fourth-order valence-electron chi connectivity index (χ4n) is 1.99. The number of halogens is 2. The van der Waals surface area contributed by atoms with E-state index in [2.05, 4.69) is 10.3 Å². The van der Waals surface area contributed by atoms with E-state index < -0.39 is 6.55 Å². The van der Waals surface area contributed by atoms with E-state index in [9.17, 15) is 8.78 Å². The Balaban J connectivity index is 1.95. The van der Waals surface area contributed by atoms with Crippen LogP contribution >= 0.6 is 0 Å². The molecule has 0 saturated carbocycles. The average Bonchev–Trinajstić information content (AvgIpc) is 3.05. The van der Waals surface area contributed by atoms with E-state index in [-0.39, 0.29) is 0 Å². The molecule has 0 aliphatic rings. The summed E-state index contributed by atoms with van der Waals surface area (Å²) in [6.45, 7) is -2.16. The Kier molecular flexibility index (Phi) is 2.91. The van der Waals surface area contributed by atoms with Crippen LogP contribution in [-0.2, 0) is 6.54 Å². The number of anilines is 1. The third kappa shape index (κ3) is 2.16. The first-order valence-electron chi connectivity index (χ1n) is 5.75. The van der Waals surface area contributed by atoms with Gasteiger partial charge in [-0.05, 0) is 24.3 Å². The molecule has 0 atom stereocenters. The van der Waals surface area contributed by atoms with Crippen molar-refractivity contribution in [3.05, 3.63) is 48.7 Å². The number of furan rings is 1. The maximum Gasteiger partial charge on any atom is 0.319 e. The first-order valence-corrected chi connectivity index (χ1v) is 5.75. The van der Waals surface area contributed by atoms with E-state index in [4.69, 9.17) is 4.42 Å². The highest BCUT2D eigenvalue weighted by Gasteiger charge is 2.13. The van der Waals surface area contributed by atoms with Crippen molar-refractivity contribution < 1.29 is 13.2 Å². The normalized spacial score (nSPS) is 11.3. The largest absolute Gasteiger partial charge is 0.467 e. The summed E-state index contributed by atoms with van der Waals surface area (Å²) in [6.07, 6.45) is 4.49. The fourth-order valence-corrected chi connectivity index (χ4v) is 1.99. The molecule has 0 aromatic carbocycles. The zero-order chi connectivity index (χ0) is 13.2. The summed E-state index contributed by atoms with van der Waals surface area (Å²) in [4.78, 5) is 4.07. The maximum atomic E-state index is 12.9. The molecule has 0 fully saturated rings. The number of hydrogen-bond acceptors (Lipinski definition) is 3. The third-order valence-corrected chi connectivity index (χ3v) is 2.85. The van der Waals surface area contributed by atoms with Crippen LogP contribution in [0.2, 0.25) is 0 Å². The van der Waals surface area contributed by atoms with Gasteiger partial charge in [0, 0.05) is 12.4 Å². The number of pyridine rings is 1. The minimum atomic E-state index is -2.59. The van der Waals surface area contributed by atoms with Crippen molar-refractivity contribution in [3.8, 4) is 0 Å². The van der Waals surface area contributed by atoms with Crippen molar-refractivity contribution in [1.29, 1.82) is 0 Å². The number of fused-ring (bicyclic) bond motifs is 1. The molecule has 4 nitrogen and oxygen atoms in total. The van der Waals surface area contributed by atoms with Crippen LogP contribution < -0.4 is 5.32 Å². The number of alkyl halides is 2. The summed E-state index contributed by atoms with van der Waals surface area (Å²) in [5, 5.41) is 3.08. The van der Waals surface area contributed by atoms with E-state index >= 15 is 0 Å². The van der Waals surface area contributed by atoms with Gasteiger partial charge in [0.25, 0.3) is 0 Å². The zero-order valence-electron chi connectivity index (χ0n) is 9.88. The van der Waals surface area contributed by atoms with Gasteiger partial charge in [0.2, 0.25) is 0 Å². The van der Waals surface area contributed by atoms with Gasteiger partial charge in [-0.2, -0.15) is 8.78 Å². The van der Waals surface area contributed by atoms with Crippen LogP contribution in [0.15, 0.2) is 47.3 Å². The molecular formula is C13H11F2N3O. The van der Waals surface area contributed by atoms with Crippen LogP contribution in [-0.4, -0.2) is 9.55 Å². The van der Waals surface area contributed by atoms with Crippen LogP contribution in [0.4, 0.5) is 14.5 Å². The van der Waals surface area contributed by atoms with Crippen LogP contribution in [0.25, 0.3) is 11.0 Å². The van der Waals surface area contributed by atoms with Gasteiger partial charge in [-0.15, -0.1) is 0 Å². The van der Waals surface area contributed by atoms with Gasteiger partial charge >= 0.3 is 6.55 Å². The predicted molar refractivity (Wildman–Crippen MR) is 67.0 cm³/mol. The number of nitrogens with one attached hydrogen (secondary N) is 1. The zero-order valence-corrected chi connectivity index (χ0v) is 9.88. The molecule has 0 aliphatic carbocycles. The van der Waals surface area contributed by atoms with Crippen LogP contribution in [0.1, 0.15) is 12.3 Å². The van der Waals surface area contributed by atoms with Crippen molar-refractivity contribution in [2.24, 2.45) is 0 Å². The highest BCUT2D eigenvalue weighted by molar-refractivity contribution is 5.88. The summed E-state index contributed by atoms with van der Waals surface area (Å²) in [7, 11) is 0. The molecule has 0 bridgehead atoms. The standard InChI is InChI=1S/C13H11F2N3O/c14-13(15)18-6-4-11-12(18)10(3-5-16-11)17-8-9-2-1-7-19-9/h1-7,13H,8H2,(H,16,17). The van der Waals surface area contributed by atoms with E-state index in [0.717, 1.165) is 10.3 Å². The number of hydrogen-bond donors (Lipinski definition) is 1. The summed E-state index contributed by atoms with van der Waals surface area (Å²) in [5.41, 5.74) is 1.53. The molecule has 0 radical (unpaired) electrons. The molecule has 1 N–H and O–H groups in total. The topological polar surface area (TPSA) is 43.0 Å².